The number of rotatable bonds is 1. The van der Waals surface area contributed by atoms with Gasteiger partial charge in [0, 0.05) is 0 Å². The Morgan fingerprint density at radius 2 is 2.17 bits per heavy atom. The van der Waals surface area contributed by atoms with Crippen molar-refractivity contribution in [2.24, 2.45) is 0 Å². The van der Waals surface area contributed by atoms with Crippen LogP contribution < -0.4 is 5.46 Å². The zero-order chi connectivity index (χ0) is 8.60. The van der Waals surface area contributed by atoms with Crippen LogP contribution in [0.25, 0.3) is 0 Å². The molecule has 1 aliphatic rings. The van der Waals surface area contributed by atoms with Crippen LogP contribution in [0.5, 0.6) is 0 Å². The van der Waals surface area contributed by atoms with E-state index in [9.17, 15) is 0 Å². The lowest BCUT2D eigenvalue weighted by molar-refractivity contribution is 0.910. The van der Waals surface area contributed by atoms with Crippen LogP contribution in [-0.2, 0) is 5.41 Å². The third-order valence-corrected chi connectivity index (χ3v) is 2.53. The van der Waals surface area contributed by atoms with Gasteiger partial charge < -0.3 is 0 Å². The SMILES string of the molecule is Bc1cccc(C2(C#N)CC2)c1. The van der Waals surface area contributed by atoms with Gasteiger partial charge in [-0.25, -0.2) is 0 Å². The molecule has 12 heavy (non-hydrogen) atoms. The first-order valence-corrected chi connectivity index (χ1v) is 4.25. The lowest BCUT2D eigenvalue weighted by Crippen LogP contribution is -2.08. The van der Waals surface area contributed by atoms with Crippen LogP contribution in [0.3, 0.4) is 0 Å². The number of hydrogen-bond donors (Lipinski definition) is 0. The lowest BCUT2D eigenvalue weighted by atomic mass is 9.89. The summed E-state index contributed by atoms with van der Waals surface area (Å²) in [5.74, 6) is 0. The normalized spacial score (nSPS) is 18.2. The minimum absolute atomic E-state index is 0.119. The van der Waals surface area contributed by atoms with Crippen molar-refractivity contribution in [2.45, 2.75) is 18.3 Å². The predicted octanol–water partition coefficient (Wildman–Crippen LogP) is 0.500. The molecule has 0 amide bonds. The second-order valence-electron chi connectivity index (χ2n) is 3.56. The zero-order valence-corrected chi connectivity index (χ0v) is 7.17. The maximum absolute atomic E-state index is 8.95. The summed E-state index contributed by atoms with van der Waals surface area (Å²) in [4.78, 5) is 0. The standard InChI is InChI=1S/C10H10BN/c11-9-3-1-2-8(6-9)10(7-12)4-5-10/h1-3,6H,4-5,11H2. The molecule has 2 rings (SSSR count). The van der Waals surface area contributed by atoms with Gasteiger partial charge in [-0.05, 0) is 18.4 Å². The van der Waals surface area contributed by atoms with E-state index in [2.05, 4.69) is 32.1 Å². The van der Waals surface area contributed by atoms with Crippen LogP contribution in [0, 0.1) is 11.3 Å². The largest absolute Gasteiger partial charge is 0.197 e. The molecular formula is C10H10BN. The van der Waals surface area contributed by atoms with E-state index >= 15 is 0 Å². The van der Waals surface area contributed by atoms with Crippen molar-refractivity contribution in [2.75, 3.05) is 0 Å². The van der Waals surface area contributed by atoms with Gasteiger partial charge in [0.15, 0.2) is 0 Å². The number of hydrogen-bond acceptors (Lipinski definition) is 1. The molecule has 1 aromatic carbocycles. The van der Waals surface area contributed by atoms with Gasteiger partial charge in [-0.2, -0.15) is 5.26 Å². The van der Waals surface area contributed by atoms with Crippen LogP contribution in [0.4, 0.5) is 0 Å². The summed E-state index contributed by atoms with van der Waals surface area (Å²) in [5, 5.41) is 8.95. The molecule has 0 heterocycles. The first-order chi connectivity index (χ1) is 5.77. The predicted molar refractivity (Wildman–Crippen MR) is 51.1 cm³/mol. The first-order valence-electron chi connectivity index (χ1n) is 4.25. The Morgan fingerprint density at radius 3 is 2.67 bits per heavy atom. The van der Waals surface area contributed by atoms with Crippen molar-refractivity contribution in [3.63, 3.8) is 0 Å². The van der Waals surface area contributed by atoms with Crippen molar-refractivity contribution in [1.29, 1.82) is 5.26 Å². The molecule has 1 saturated carbocycles. The average molecular weight is 155 g/mol. The number of benzene rings is 1. The van der Waals surface area contributed by atoms with Crippen molar-refractivity contribution in [1.82, 2.24) is 0 Å². The second kappa shape index (κ2) is 2.38. The molecule has 1 nitrogen and oxygen atoms in total. The van der Waals surface area contributed by atoms with E-state index in [0.717, 1.165) is 12.8 Å². The maximum atomic E-state index is 8.95. The van der Waals surface area contributed by atoms with Gasteiger partial charge in [-0.15, -0.1) is 0 Å². The van der Waals surface area contributed by atoms with Gasteiger partial charge in [0.1, 0.15) is 7.85 Å². The molecule has 1 aliphatic carbocycles. The highest BCUT2D eigenvalue weighted by atomic mass is 14.5. The Bertz CT molecular complexity index is 347. The molecule has 0 atom stereocenters. The van der Waals surface area contributed by atoms with Crippen molar-refractivity contribution in [3.05, 3.63) is 29.8 Å². The van der Waals surface area contributed by atoms with E-state index in [1.807, 2.05) is 6.07 Å². The Morgan fingerprint density at radius 1 is 1.42 bits per heavy atom. The van der Waals surface area contributed by atoms with Gasteiger partial charge in [0.25, 0.3) is 0 Å². The Kier molecular flexibility index (Phi) is 1.47. The highest BCUT2D eigenvalue weighted by Gasteiger charge is 2.44. The summed E-state index contributed by atoms with van der Waals surface area (Å²) in [7, 11) is 2.07. The molecule has 0 N–H and O–H groups in total. The van der Waals surface area contributed by atoms with E-state index in [0.29, 0.717) is 0 Å². The Balaban J connectivity index is 2.42. The average Bonchev–Trinajstić information content (AvgIpc) is 2.84. The van der Waals surface area contributed by atoms with Gasteiger partial charge in [-0.1, -0.05) is 29.7 Å². The third kappa shape index (κ3) is 1.02. The van der Waals surface area contributed by atoms with Crippen LogP contribution in [0.1, 0.15) is 18.4 Å². The minimum Gasteiger partial charge on any atom is -0.197 e. The molecule has 0 saturated heterocycles. The summed E-state index contributed by atoms with van der Waals surface area (Å²) in [6, 6.07) is 10.7. The van der Waals surface area contributed by atoms with Gasteiger partial charge >= 0.3 is 0 Å². The Labute approximate surface area is 73.4 Å². The monoisotopic (exact) mass is 155 g/mol. The molecular weight excluding hydrogens is 145 g/mol. The maximum Gasteiger partial charge on any atom is 0.139 e. The highest BCUT2D eigenvalue weighted by Crippen LogP contribution is 2.46. The molecule has 0 radical (unpaired) electrons. The summed E-state index contributed by atoms with van der Waals surface area (Å²) in [5.41, 5.74) is 2.32. The fourth-order valence-electron chi connectivity index (χ4n) is 1.53. The first kappa shape index (κ1) is 7.43. The van der Waals surface area contributed by atoms with E-state index in [1.54, 1.807) is 0 Å². The lowest BCUT2D eigenvalue weighted by Gasteiger charge is -2.05. The molecule has 1 fully saturated rings. The summed E-state index contributed by atoms with van der Waals surface area (Å²) < 4.78 is 0. The van der Waals surface area contributed by atoms with Gasteiger partial charge in [0.2, 0.25) is 0 Å². The van der Waals surface area contributed by atoms with Gasteiger partial charge in [-0.3, -0.25) is 0 Å². The molecule has 0 bridgehead atoms. The van der Waals surface area contributed by atoms with Crippen LogP contribution in [-0.4, -0.2) is 7.85 Å². The van der Waals surface area contributed by atoms with Crippen LogP contribution >= 0.6 is 0 Å². The zero-order valence-electron chi connectivity index (χ0n) is 7.17. The topological polar surface area (TPSA) is 23.8 Å². The molecule has 0 aliphatic heterocycles. The minimum atomic E-state index is -0.119. The van der Waals surface area contributed by atoms with E-state index < -0.39 is 0 Å². The number of nitrogens with zero attached hydrogens (tertiary/aromatic N) is 1. The van der Waals surface area contributed by atoms with Crippen molar-refractivity contribution in [3.8, 4) is 6.07 Å². The molecule has 0 spiro atoms. The summed E-state index contributed by atoms with van der Waals surface area (Å²) >= 11 is 0. The third-order valence-electron chi connectivity index (χ3n) is 2.53. The van der Waals surface area contributed by atoms with Crippen molar-refractivity contribution >= 4 is 13.3 Å². The van der Waals surface area contributed by atoms with E-state index in [1.165, 1.54) is 11.0 Å². The Hall–Kier alpha value is -1.23. The van der Waals surface area contributed by atoms with Crippen LogP contribution in [0.15, 0.2) is 24.3 Å². The molecule has 1 aromatic rings. The molecule has 0 aromatic heterocycles. The van der Waals surface area contributed by atoms with Crippen molar-refractivity contribution < 1.29 is 0 Å². The van der Waals surface area contributed by atoms with Crippen LogP contribution in [0.2, 0.25) is 0 Å². The molecule has 2 heteroatoms. The fraction of sp³-hybridized carbons (Fsp3) is 0.300. The summed E-state index contributed by atoms with van der Waals surface area (Å²) in [6.45, 7) is 0. The quantitative estimate of drug-likeness (QED) is 0.541. The second-order valence-corrected chi connectivity index (χ2v) is 3.56. The van der Waals surface area contributed by atoms with E-state index in [-0.39, 0.29) is 5.41 Å². The van der Waals surface area contributed by atoms with Gasteiger partial charge in [0.05, 0.1) is 11.5 Å². The smallest absolute Gasteiger partial charge is 0.139 e. The fourth-order valence-corrected chi connectivity index (χ4v) is 1.53. The molecule has 0 unspecified atom stereocenters. The number of nitriles is 1. The highest BCUT2D eigenvalue weighted by molar-refractivity contribution is 6.32. The molecule has 58 valence electrons. The summed E-state index contributed by atoms with van der Waals surface area (Å²) in [6.07, 6.45) is 2.07. The van der Waals surface area contributed by atoms with E-state index in [4.69, 9.17) is 5.26 Å².